The van der Waals surface area contributed by atoms with Gasteiger partial charge in [0, 0.05) is 31.0 Å². The molecule has 0 saturated heterocycles. The van der Waals surface area contributed by atoms with Gasteiger partial charge >= 0.3 is 0 Å². The van der Waals surface area contributed by atoms with Gasteiger partial charge in [0.15, 0.2) is 11.5 Å². The van der Waals surface area contributed by atoms with E-state index in [0.717, 1.165) is 62.3 Å². The molecule has 1 aliphatic heterocycles. The summed E-state index contributed by atoms with van der Waals surface area (Å²) < 4.78 is 24.7. The third kappa shape index (κ3) is 8.35. The maximum atomic E-state index is 13.5. The van der Waals surface area contributed by atoms with Crippen molar-refractivity contribution in [1.29, 1.82) is 0 Å². The Morgan fingerprint density at radius 1 is 0.915 bits per heavy atom. The number of nitrogens with zero attached hydrogens (tertiary/aromatic N) is 1. The second-order valence-corrected chi connectivity index (χ2v) is 12.9. The van der Waals surface area contributed by atoms with Crippen molar-refractivity contribution in [2.75, 3.05) is 33.9 Å². The van der Waals surface area contributed by atoms with Gasteiger partial charge in [0.2, 0.25) is 5.91 Å². The molecule has 1 N–H and O–H groups in total. The summed E-state index contributed by atoms with van der Waals surface area (Å²) >= 11 is 5.92. The Morgan fingerprint density at radius 3 is 2.19 bits per heavy atom. The van der Waals surface area contributed by atoms with Crippen LogP contribution in [0.15, 0.2) is 91.0 Å². The molecule has 1 amide bonds. The molecule has 5 rings (SSSR count). The maximum absolute atomic E-state index is 13.5. The van der Waals surface area contributed by atoms with E-state index in [9.17, 15) is 9.18 Å². The SMILES string of the molecule is COc1cc2c(cc1OC)C(C)N(CCCC(CCCNC(=O)CCc1ccc(F)c(Cl)c1)(c1ccccc1)c1ccccc1)CC2. The number of nitrogens with one attached hydrogen (secondary N) is 1. The maximum Gasteiger partial charge on any atom is 0.220 e. The first kappa shape index (κ1) is 34.5. The van der Waals surface area contributed by atoms with Gasteiger partial charge in [-0.1, -0.05) is 78.3 Å². The van der Waals surface area contributed by atoms with Crippen LogP contribution in [-0.2, 0) is 23.1 Å². The molecule has 5 nitrogen and oxygen atoms in total. The van der Waals surface area contributed by atoms with Crippen LogP contribution >= 0.6 is 11.6 Å². The van der Waals surface area contributed by atoms with Gasteiger partial charge in [-0.15, -0.1) is 0 Å². The van der Waals surface area contributed by atoms with Gasteiger partial charge in [-0.3, -0.25) is 9.69 Å². The van der Waals surface area contributed by atoms with E-state index in [-0.39, 0.29) is 22.4 Å². The first-order chi connectivity index (χ1) is 22.8. The molecule has 0 aromatic heterocycles. The molecule has 0 spiro atoms. The molecule has 0 saturated carbocycles. The number of rotatable bonds is 15. The van der Waals surface area contributed by atoms with Crippen LogP contribution in [0.2, 0.25) is 5.02 Å². The lowest BCUT2D eigenvalue weighted by Crippen LogP contribution is -2.36. The molecule has 47 heavy (non-hydrogen) atoms. The Labute approximate surface area is 284 Å². The molecule has 248 valence electrons. The van der Waals surface area contributed by atoms with E-state index in [1.165, 1.54) is 28.3 Å². The summed E-state index contributed by atoms with van der Waals surface area (Å²) in [5.41, 5.74) is 5.91. The third-order valence-electron chi connectivity index (χ3n) is 9.74. The minimum atomic E-state index is -0.447. The molecular formula is C40H46ClFN2O3. The van der Waals surface area contributed by atoms with Gasteiger partial charge in [0.25, 0.3) is 0 Å². The summed E-state index contributed by atoms with van der Waals surface area (Å²) in [4.78, 5) is 15.3. The summed E-state index contributed by atoms with van der Waals surface area (Å²) in [7, 11) is 3.38. The molecule has 4 aromatic carbocycles. The summed E-state index contributed by atoms with van der Waals surface area (Å²) in [6, 6.07) is 30.8. The van der Waals surface area contributed by atoms with E-state index < -0.39 is 5.82 Å². The molecule has 1 atom stereocenters. The van der Waals surface area contributed by atoms with Gasteiger partial charge in [-0.05, 0) is 104 Å². The number of halogens is 2. The van der Waals surface area contributed by atoms with E-state index >= 15 is 0 Å². The Morgan fingerprint density at radius 2 is 1.55 bits per heavy atom. The normalized spacial score (nSPS) is 14.8. The molecule has 4 aromatic rings. The average Bonchev–Trinajstić information content (AvgIpc) is 3.11. The lowest BCUT2D eigenvalue weighted by molar-refractivity contribution is -0.121. The second kappa shape index (κ2) is 16.3. The smallest absolute Gasteiger partial charge is 0.220 e. The largest absolute Gasteiger partial charge is 0.493 e. The fourth-order valence-corrected chi connectivity index (χ4v) is 7.33. The Balaban J connectivity index is 1.26. The fourth-order valence-electron chi connectivity index (χ4n) is 7.13. The first-order valence-electron chi connectivity index (χ1n) is 16.6. The highest BCUT2D eigenvalue weighted by molar-refractivity contribution is 6.30. The van der Waals surface area contributed by atoms with E-state index in [1.54, 1.807) is 26.4 Å². The zero-order valence-corrected chi connectivity index (χ0v) is 28.5. The van der Waals surface area contributed by atoms with Crippen molar-refractivity contribution in [2.45, 2.75) is 63.3 Å². The Bertz CT molecular complexity index is 1580. The van der Waals surface area contributed by atoms with Crippen LogP contribution in [-0.4, -0.2) is 44.7 Å². The lowest BCUT2D eigenvalue weighted by Gasteiger charge is -2.39. The van der Waals surface area contributed by atoms with Gasteiger partial charge < -0.3 is 14.8 Å². The van der Waals surface area contributed by atoms with Crippen molar-refractivity contribution in [3.05, 3.63) is 130 Å². The highest BCUT2D eigenvalue weighted by atomic mass is 35.5. The topological polar surface area (TPSA) is 50.8 Å². The summed E-state index contributed by atoms with van der Waals surface area (Å²) in [5.74, 6) is 1.11. The molecule has 0 radical (unpaired) electrons. The third-order valence-corrected chi connectivity index (χ3v) is 10.0. The van der Waals surface area contributed by atoms with Gasteiger partial charge in [-0.25, -0.2) is 4.39 Å². The van der Waals surface area contributed by atoms with Crippen LogP contribution in [0.1, 0.15) is 72.9 Å². The highest BCUT2D eigenvalue weighted by Crippen LogP contribution is 2.42. The number of hydrogen-bond donors (Lipinski definition) is 1. The van der Waals surface area contributed by atoms with E-state index in [2.05, 4.69) is 89.9 Å². The number of benzene rings is 4. The first-order valence-corrected chi connectivity index (χ1v) is 17.0. The van der Waals surface area contributed by atoms with Crippen molar-refractivity contribution >= 4 is 17.5 Å². The minimum Gasteiger partial charge on any atom is -0.493 e. The van der Waals surface area contributed by atoms with Crippen LogP contribution in [0, 0.1) is 5.82 Å². The number of hydrogen-bond acceptors (Lipinski definition) is 4. The van der Waals surface area contributed by atoms with Crippen LogP contribution in [0.5, 0.6) is 11.5 Å². The summed E-state index contributed by atoms with van der Waals surface area (Å²) in [6.07, 6.45) is 5.60. The number of carbonyl (C=O) groups is 1. The van der Waals surface area contributed by atoms with Gasteiger partial charge in [0.1, 0.15) is 5.82 Å². The molecule has 7 heteroatoms. The molecule has 1 heterocycles. The average molecular weight is 657 g/mol. The van der Waals surface area contributed by atoms with Crippen molar-refractivity contribution in [3.63, 3.8) is 0 Å². The fraction of sp³-hybridized carbons (Fsp3) is 0.375. The Kier molecular flexibility index (Phi) is 12.0. The van der Waals surface area contributed by atoms with Crippen molar-refractivity contribution in [2.24, 2.45) is 0 Å². The molecular weight excluding hydrogens is 611 g/mol. The number of aryl methyl sites for hydroxylation is 1. The zero-order valence-electron chi connectivity index (χ0n) is 27.7. The standard InChI is InChI=1S/C40H46ClFN2O3/c1-29-34-28-38(47-3)37(46-2)27-31(34)20-25-44(29)24-11-22-40(32-12-6-4-7-13-32,33-14-8-5-9-15-33)21-10-23-43-39(45)19-17-30-16-18-36(42)35(41)26-30/h4-9,12-16,18,26-29H,10-11,17,19-25H2,1-3H3,(H,43,45). The second-order valence-electron chi connectivity index (χ2n) is 12.5. The molecule has 0 fully saturated rings. The Hall–Kier alpha value is -3.87. The summed E-state index contributed by atoms with van der Waals surface area (Å²) in [5, 5.41) is 3.21. The van der Waals surface area contributed by atoms with Crippen LogP contribution in [0.25, 0.3) is 0 Å². The molecule has 0 bridgehead atoms. The zero-order chi connectivity index (χ0) is 33.2. The van der Waals surface area contributed by atoms with Crippen molar-refractivity contribution < 1.29 is 18.7 Å². The molecule has 1 aliphatic rings. The van der Waals surface area contributed by atoms with E-state index in [0.29, 0.717) is 19.4 Å². The quantitative estimate of drug-likeness (QED) is 0.130. The number of methoxy groups -OCH3 is 2. The van der Waals surface area contributed by atoms with E-state index in [1.807, 2.05) is 0 Å². The summed E-state index contributed by atoms with van der Waals surface area (Å²) in [6.45, 7) is 4.87. The molecule has 1 unspecified atom stereocenters. The monoisotopic (exact) mass is 656 g/mol. The van der Waals surface area contributed by atoms with Crippen LogP contribution in [0.3, 0.4) is 0 Å². The van der Waals surface area contributed by atoms with Gasteiger partial charge in [0.05, 0.1) is 19.2 Å². The minimum absolute atomic E-state index is 0.0101. The molecule has 0 aliphatic carbocycles. The number of amides is 1. The predicted octanol–water partition coefficient (Wildman–Crippen LogP) is 8.71. The van der Waals surface area contributed by atoms with Crippen molar-refractivity contribution in [1.82, 2.24) is 10.2 Å². The predicted molar refractivity (Wildman–Crippen MR) is 188 cm³/mol. The van der Waals surface area contributed by atoms with E-state index in [4.69, 9.17) is 21.1 Å². The van der Waals surface area contributed by atoms with Gasteiger partial charge in [-0.2, -0.15) is 0 Å². The number of fused-ring (bicyclic) bond motifs is 1. The number of ether oxygens (including phenoxy) is 2. The van der Waals surface area contributed by atoms with Crippen LogP contribution in [0.4, 0.5) is 4.39 Å². The van der Waals surface area contributed by atoms with Crippen LogP contribution < -0.4 is 14.8 Å². The lowest BCUT2D eigenvalue weighted by atomic mass is 9.68. The number of carbonyl (C=O) groups excluding carboxylic acids is 1. The van der Waals surface area contributed by atoms with Crippen molar-refractivity contribution in [3.8, 4) is 11.5 Å². The highest BCUT2D eigenvalue weighted by Gasteiger charge is 2.34.